The fourth-order valence-electron chi connectivity index (χ4n) is 4.11. The molecule has 2 aliphatic heterocycles. The van der Waals surface area contributed by atoms with E-state index in [-0.39, 0.29) is 25.5 Å². The van der Waals surface area contributed by atoms with E-state index in [1.807, 2.05) is 0 Å². The summed E-state index contributed by atoms with van der Waals surface area (Å²) in [5, 5.41) is 21.3. The van der Waals surface area contributed by atoms with Gasteiger partial charge in [0.05, 0.1) is 6.61 Å². The third-order valence-corrected chi connectivity index (χ3v) is 5.73. The van der Waals surface area contributed by atoms with Gasteiger partial charge in [0.1, 0.15) is 24.2 Å². The maximum Gasteiger partial charge on any atom is 0.326 e. The highest BCUT2D eigenvalue weighted by atomic mass is 16.4. The zero-order chi connectivity index (χ0) is 23.8. The number of carboxylic acid groups (broad SMARTS) is 1. The Morgan fingerprint density at radius 3 is 2.19 bits per heavy atom. The van der Waals surface area contributed by atoms with Gasteiger partial charge in [-0.15, -0.1) is 0 Å². The lowest BCUT2D eigenvalue weighted by molar-refractivity contribution is -0.150. The molecule has 0 aromatic heterocycles. The van der Waals surface area contributed by atoms with E-state index in [0.29, 0.717) is 38.6 Å². The zero-order valence-corrected chi connectivity index (χ0v) is 18.0. The molecule has 0 spiro atoms. The molecule has 0 aromatic rings. The fraction of sp³-hybridized carbons (Fsp3) is 0.737. The third kappa shape index (κ3) is 6.29. The van der Waals surface area contributed by atoms with Crippen LogP contribution in [0.25, 0.3) is 0 Å². The summed E-state index contributed by atoms with van der Waals surface area (Å²) in [6, 6.07) is -3.87. The maximum absolute atomic E-state index is 13.1. The third-order valence-electron chi connectivity index (χ3n) is 5.73. The Morgan fingerprint density at radius 2 is 1.62 bits per heavy atom. The van der Waals surface area contributed by atoms with Gasteiger partial charge in [0.2, 0.25) is 17.7 Å². The highest BCUT2D eigenvalue weighted by Crippen LogP contribution is 2.21. The Labute approximate surface area is 186 Å². The number of aliphatic imine (C=N–C) groups is 1. The average molecular weight is 456 g/mol. The van der Waals surface area contributed by atoms with Crippen LogP contribution in [-0.2, 0) is 19.2 Å². The molecule has 0 aliphatic carbocycles. The van der Waals surface area contributed by atoms with Gasteiger partial charge >= 0.3 is 5.97 Å². The van der Waals surface area contributed by atoms with Crippen LogP contribution in [0.15, 0.2) is 4.99 Å². The number of rotatable bonds is 10. The number of likely N-dealkylation sites (tertiary alicyclic amines) is 2. The summed E-state index contributed by atoms with van der Waals surface area (Å²) in [4.78, 5) is 56.5. The smallest absolute Gasteiger partial charge is 0.326 e. The number of guanidine groups is 1. The molecule has 0 bridgehead atoms. The summed E-state index contributed by atoms with van der Waals surface area (Å²) in [6.07, 6.45) is 2.45. The van der Waals surface area contributed by atoms with Crippen molar-refractivity contribution in [3.05, 3.63) is 0 Å². The first-order valence-electron chi connectivity index (χ1n) is 10.7. The van der Waals surface area contributed by atoms with Gasteiger partial charge in [0, 0.05) is 19.6 Å². The second-order valence-corrected chi connectivity index (χ2v) is 8.02. The quantitative estimate of drug-likeness (QED) is 0.111. The van der Waals surface area contributed by atoms with Crippen LogP contribution < -0.4 is 22.5 Å². The van der Waals surface area contributed by atoms with Crippen LogP contribution in [0, 0.1) is 0 Å². The number of carbonyl (C=O) groups is 4. The number of nitrogens with one attached hydrogen (secondary N) is 1. The van der Waals surface area contributed by atoms with Gasteiger partial charge in [-0.3, -0.25) is 19.4 Å². The molecule has 3 amide bonds. The molecule has 2 saturated heterocycles. The summed E-state index contributed by atoms with van der Waals surface area (Å²) in [5.41, 5.74) is 16.2. The van der Waals surface area contributed by atoms with E-state index in [2.05, 4.69) is 10.3 Å². The lowest BCUT2D eigenvalue weighted by Crippen LogP contribution is -2.57. The van der Waals surface area contributed by atoms with Crippen molar-refractivity contribution in [1.29, 1.82) is 0 Å². The molecule has 13 nitrogen and oxygen atoms in total. The summed E-state index contributed by atoms with van der Waals surface area (Å²) >= 11 is 0. The Balaban J connectivity index is 2.13. The minimum atomic E-state index is -1.12. The Kier molecular flexibility index (Phi) is 9.20. The number of hydrogen-bond acceptors (Lipinski definition) is 7. The summed E-state index contributed by atoms with van der Waals surface area (Å²) < 4.78 is 0. The first-order chi connectivity index (χ1) is 15.2. The number of nitrogens with zero attached hydrogens (tertiary/aromatic N) is 3. The molecule has 4 atom stereocenters. The standard InChI is InChI=1S/C19H33N7O6/c20-11(10-27)16(29)25-8-2-5-13(25)15(28)24-12(4-1-7-23-19(21)22)17(30)26-9-3-6-14(26)18(31)32/h11-14,27H,1-10,20H2,(H,24,28)(H,31,32)(H4,21,22,23). The number of carbonyl (C=O) groups excluding carboxylic acids is 3. The SMILES string of the molecule is NC(N)=NCCCC(NC(=O)C1CCCN1C(=O)C(N)CO)C(=O)N1CCCC1C(=O)O. The van der Waals surface area contributed by atoms with Crippen molar-refractivity contribution < 1.29 is 29.4 Å². The van der Waals surface area contributed by atoms with Crippen LogP contribution in [0.1, 0.15) is 38.5 Å². The van der Waals surface area contributed by atoms with Crippen LogP contribution in [0.2, 0.25) is 0 Å². The van der Waals surface area contributed by atoms with E-state index in [1.54, 1.807) is 0 Å². The van der Waals surface area contributed by atoms with Gasteiger partial charge in [-0.1, -0.05) is 0 Å². The topological polar surface area (TPSA) is 218 Å². The summed E-state index contributed by atoms with van der Waals surface area (Å²) in [6.45, 7) is 0.307. The van der Waals surface area contributed by atoms with E-state index in [9.17, 15) is 24.3 Å². The molecular weight excluding hydrogens is 422 g/mol. The number of amides is 3. The second kappa shape index (κ2) is 11.6. The van der Waals surface area contributed by atoms with Gasteiger partial charge in [-0.05, 0) is 38.5 Å². The molecule has 0 saturated carbocycles. The Bertz CT molecular complexity index is 742. The number of aliphatic carboxylic acids is 1. The van der Waals surface area contributed by atoms with E-state index in [1.165, 1.54) is 9.80 Å². The number of carboxylic acids is 1. The minimum absolute atomic E-state index is 0.0947. The highest BCUT2D eigenvalue weighted by Gasteiger charge is 2.40. The van der Waals surface area contributed by atoms with Crippen molar-refractivity contribution in [3.63, 3.8) is 0 Å². The van der Waals surface area contributed by atoms with Crippen molar-refractivity contribution >= 4 is 29.7 Å². The van der Waals surface area contributed by atoms with Crippen LogP contribution in [0.3, 0.4) is 0 Å². The Hall–Kier alpha value is -2.93. The molecule has 2 heterocycles. The second-order valence-electron chi connectivity index (χ2n) is 8.02. The van der Waals surface area contributed by atoms with Gasteiger partial charge in [-0.2, -0.15) is 0 Å². The molecule has 0 aromatic carbocycles. The van der Waals surface area contributed by atoms with Crippen LogP contribution in [0.5, 0.6) is 0 Å². The van der Waals surface area contributed by atoms with Gasteiger partial charge in [0.15, 0.2) is 5.96 Å². The first kappa shape index (κ1) is 25.3. The van der Waals surface area contributed by atoms with Crippen LogP contribution >= 0.6 is 0 Å². The molecule has 4 unspecified atom stereocenters. The predicted molar refractivity (Wildman–Crippen MR) is 114 cm³/mol. The minimum Gasteiger partial charge on any atom is -0.480 e. The van der Waals surface area contributed by atoms with Crippen molar-refractivity contribution in [3.8, 4) is 0 Å². The molecule has 180 valence electrons. The van der Waals surface area contributed by atoms with E-state index in [4.69, 9.17) is 22.3 Å². The van der Waals surface area contributed by atoms with Gasteiger partial charge in [0.25, 0.3) is 0 Å². The normalized spacial score (nSPS) is 22.3. The number of hydrogen-bond donors (Lipinski definition) is 6. The number of nitrogens with two attached hydrogens (primary N) is 3. The van der Waals surface area contributed by atoms with E-state index >= 15 is 0 Å². The van der Waals surface area contributed by atoms with Crippen molar-refractivity contribution in [2.75, 3.05) is 26.2 Å². The van der Waals surface area contributed by atoms with Gasteiger partial charge < -0.3 is 42.5 Å². The fourth-order valence-corrected chi connectivity index (χ4v) is 4.11. The lowest BCUT2D eigenvalue weighted by atomic mass is 10.1. The largest absolute Gasteiger partial charge is 0.480 e. The van der Waals surface area contributed by atoms with Crippen LogP contribution in [0.4, 0.5) is 0 Å². The van der Waals surface area contributed by atoms with E-state index in [0.717, 1.165) is 0 Å². The molecule has 9 N–H and O–H groups in total. The molecule has 2 rings (SSSR count). The molecular formula is C19H33N7O6. The Morgan fingerprint density at radius 1 is 1.03 bits per heavy atom. The van der Waals surface area contributed by atoms with Crippen molar-refractivity contribution in [2.24, 2.45) is 22.2 Å². The summed E-state index contributed by atoms with van der Waals surface area (Å²) in [5.74, 6) is -2.73. The number of aliphatic hydroxyl groups is 1. The van der Waals surface area contributed by atoms with Gasteiger partial charge in [-0.25, -0.2) is 4.79 Å². The highest BCUT2D eigenvalue weighted by molar-refractivity contribution is 5.94. The molecule has 13 heteroatoms. The molecule has 2 aliphatic rings. The summed E-state index contributed by atoms with van der Waals surface area (Å²) in [7, 11) is 0. The average Bonchev–Trinajstić information content (AvgIpc) is 3.43. The zero-order valence-electron chi connectivity index (χ0n) is 18.0. The molecule has 2 fully saturated rings. The first-order valence-corrected chi connectivity index (χ1v) is 10.7. The van der Waals surface area contributed by atoms with Crippen molar-refractivity contribution in [2.45, 2.75) is 62.7 Å². The lowest BCUT2D eigenvalue weighted by Gasteiger charge is -2.30. The number of aliphatic hydroxyl groups excluding tert-OH is 1. The molecule has 0 radical (unpaired) electrons. The van der Waals surface area contributed by atoms with Crippen molar-refractivity contribution in [1.82, 2.24) is 15.1 Å². The maximum atomic E-state index is 13.1. The predicted octanol–water partition coefficient (Wildman–Crippen LogP) is -3.09. The molecule has 32 heavy (non-hydrogen) atoms. The van der Waals surface area contributed by atoms with Crippen LogP contribution in [-0.4, -0.2) is 100 Å². The monoisotopic (exact) mass is 455 g/mol. The van der Waals surface area contributed by atoms with E-state index < -0.39 is 54.5 Å².